The number of nitrogens with zero attached hydrogens (tertiary/aromatic N) is 3. The molecule has 0 spiro atoms. The van der Waals surface area contributed by atoms with Crippen molar-refractivity contribution in [3.05, 3.63) is 35.1 Å². The van der Waals surface area contributed by atoms with Crippen LogP contribution in [-0.4, -0.2) is 37.4 Å². The van der Waals surface area contributed by atoms with Crippen LogP contribution in [0.5, 0.6) is 0 Å². The highest BCUT2D eigenvalue weighted by molar-refractivity contribution is 6.34. The zero-order chi connectivity index (χ0) is 15.0. The summed E-state index contributed by atoms with van der Waals surface area (Å²) in [6.07, 6.45) is 2.67. The number of H-pyrrole nitrogens is 1. The van der Waals surface area contributed by atoms with E-state index < -0.39 is 5.97 Å². The Balaban J connectivity index is 2.05. The molecule has 0 aliphatic carbocycles. The second-order valence-electron chi connectivity index (χ2n) is 4.42. The number of aromatic amines is 1. The lowest BCUT2D eigenvalue weighted by molar-refractivity contribution is 0.0697. The molecule has 0 radical (unpaired) electrons. The Morgan fingerprint density at radius 3 is 3.00 bits per heavy atom. The highest BCUT2D eigenvalue weighted by atomic mass is 35.5. The topological polar surface area (TPSA) is 95.8 Å². The fraction of sp³-hybridized carbons (Fsp3) is 0.154. The summed E-state index contributed by atoms with van der Waals surface area (Å²) < 4.78 is 1.38. The molecule has 0 saturated heterocycles. The number of carboxylic acids is 1. The van der Waals surface area contributed by atoms with E-state index in [-0.39, 0.29) is 5.56 Å². The SMILES string of the molecule is CCNc1cc2nc(-n3cc(C(=O)O)cn3)[nH]c2cc1Cl. The van der Waals surface area contributed by atoms with Crippen LogP contribution in [-0.2, 0) is 0 Å². The summed E-state index contributed by atoms with van der Waals surface area (Å²) in [5.41, 5.74) is 2.37. The Kier molecular flexibility index (Phi) is 3.26. The van der Waals surface area contributed by atoms with Gasteiger partial charge < -0.3 is 15.4 Å². The van der Waals surface area contributed by atoms with E-state index in [0.717, 1.165) is 23.3 Å². The number of fused-ring (bicyclic) bond motifs is 1. The van der Waals surface area contributed by atoms with Gasteiger partial charge >= 0.3 is 5.97 Å². The number of nitrogens with one attached hydrogen (secondary N) is 2. The lowest BCUT2D eigenvalue weighted by Crippen LogP contribution is -1.97. The van der Waals surface area contributed by atoms with E-state index in [0.29, 0.717) is 11.0 Å². The maximum absolute atomic E-state index is 10.9. The number of rotatable bonds is 4. The molecule has 0 bridgehead atoms. The minimum Gasteiger partial charge on any atom is -0.478 e. The van der Waals surface area contributed by atoms with Gasteiger partial charge in [0.2, 0.25) is 5.95 Å². The standard InChI is InChI=1S/C13H12ClN5O2/c1-2-15-9-4-11-10(3-8(9)14)17-13(18-11)19-6-7(5-16-19)12(20)21/h3-6,15H,2H2,1H3,(H,17,18)(H,20,21). The number of aromatic nitrogens is 4. The van der Waals surface area contributed by atoms with E-state index in [1.165, 1.54) is 17.1 Å². The average Bonchev–Trinajstić information content (AvgIpc) is 3.05. The van der Waals surface area contributed by atoms with Crippen molar-refractivity contribution in [2.24, 2.45) is 0 Å². The average molecular weight is 306 g/mol. The van der Waals surface area contributed by atoms with Gasteiger partial charge in [0, 0.05) is 12.7 Å². The monoisotopic (exact) mass is 305 g/mol. The third kappa shape index (κ3) is 2.43. The van der Waals surface area contributed by atoms with Crippen molar-refractivity contribution in [1.82, 2.24) is 19.7 Å². The van der Waals surface area contributed by atoms with Crippen molar-refractivity contribution in [2.75, 3.05) is 11.9 Å². The number of benzene rings is 1. The van der Waals surface area contributed by atoms with Crippen LogP contribution in [0, 0.1) is 0 Å². The van der Waals surface area contributed by atoms with Crippen LogP contribution < -0.4 is 5.32 Å². The zero-order valence-electron chi connectivity index (χ0n) is 11.1. The summed E-state index contributed by atoms with van der Waals surface area (Å²) in [6, 6.07) is 3.61. The Hall–Kier alpha value is -2.54. The van der Waals surface area contributed by atoms with Crippen LogP contribution in [0.25, 0.3) is 17.0 Å². The van der Waals surface area contributed by atoms with Gasteiger partial charge in [-0.2, -0.15) is 5.10 Å². The number of halogens is 1. The molecule has 3 N–H and O–H groups in total. The number of anilines is 1. The van der Waals surface area contributed by atoms with E-state index in [1.807, 2.05) is 13.0 Å². The molecule has 2 aromatic heterocycles. The van der Waals surface area contributed by atoms with E-state index >= 15 is 0 Å². The van der Waals surface area contributed by atoms with E-state index in [9.17, 15) is 4.79 Å². The predicted octanol–water partition coefficient (Wildman–Crippen LogP) is 2.53. The molecule has 0 saturated carbocycles. The summed E-state index contributed by atoms with van der Waals surface area (Å²) in [6.45, 7) is 2.73. The van der Waals surface area contributed by atoms with Gasteiger partial charge in [-0.3, -0.25) is 0 Å². The van der Waals surface area contributed by atoms with Crippen molar-refractivity contribution in [1.29, 1.82) is 0 Å². The second kappa shape index (κ2) is 5.10. The lowest BCUT2D eigenvalue weighted by Gasteiger charge is -2.04. The summed E-state index contributed by atoms with van der Waals surface area (Å²) in [4.78, 5) is 18.3. The smallest absolute Gasteiger partial charge is 0.338 e. The van der Waals surface area contributed by atoms with E-state index in [4.69, 9.17) is 16.7 Å². The first kappa shape index (κ1) is 13.4. The first-order chi connectivity index (χ1) is 10.1. The molecular weight excluding hydrogens is 294 g/mol. The van der Waals surface area contributed by atoms with Gasteiger partial charge in [0.05, 0.1) is 33.5 Å². The molecule has 21 heavy (non-hydrogen) atoms. The number of hydrogen-bond donors (Lipinski definition) is 3. The first-order valence-electron chi connectivity index (χ1n) is 6.30. The molecule has 2 heterocycles. The van der Waals surface area contributed by atoms with Crippen LogP contribution in [0.2, 0.25) is 5.02 Å². The molecule has 0 aliphatic heterocycles. The van der Waals surface area contributed by atoms with Gasteiger partial charge in [0.25, 0.3) is 0 Å². The quantitative estimate of drug-likeness (QED) is 0.688. The zero-order valence-corrected chi connectivity index (χ0v) is 11.8. The molecule has 0 atom stereocenters. The van der Waals surface area contributed by atoms with Gasteiger partial charge in [-0.05, 0) is 19.1 Å². The van der Waals surface area contributed by atoms with Crippen LogP contribution >= 0.6 is 11.6 Å². The number of aromatic carboxylic acids is 1. The van der Waals surface area contributed by atoms with Crippen molar-refractivity contribution in [3.63, 3.8) is 0 Å². The molecule has 7 nitrogen and oxygen atoms in total. The van der Waals surface area contributed by atoms with Crippen LogP contribution in [0.1, 0.15) is 17.3 Å². The number of carbonyl (C=O) groups is 1. The second-order valence-corrected chi connectivity index (χ2v) is 4.83. The molecule has 0 unspecified atom stereocenters. The molecule has 0 amide bonds. The van der Waals surface area contributed by atoms with Crippen molar-refractivity contribution in [2.45, 2.75) is 6.92 Å². The number of imidazole rings is 1. The minimum absolute atomic E-state index is 0.0989. The number of hydrogen-bond acceptors (Lipinski definition) is 4. The van der Waals surface area contributed by atoms with Crippen molar-refractivity contribution < 1.29 is 9.90 Å². The highest BCUT2D eigenvalue weighted by Crippen LogP contribution is 2.27. The molecule has 0 aliphatic rings. The van der Waals surface area contributed by atoms with E-state index in [2.05, 4.69) is 20.4 Å². The predicted molar refractivity (Wildman–Crippen MR) is 79.3 cm³/mol. The maximum Gasteiger partial charge on any atom is 0.338 e. The van der Waals surface area contributed by atoms with Crippen LogP contribution in [0.15, 0.2) is 24.5 Å². The third-order valence-corrected chi connectivity index (χ3v) is 3.28. The third-order valence-electron chi connectivity index (χ3n) is 2.97. The highest BCUT2D eigenvalue weighted by Gasteiger charge is 2.11. The van der Waals surface area contributed by atoms with Gasteiger partial charge in [-0.1, -0.05) is 11.6 Å². The fourth-order valence-corrected chi connectivity index (χ4v) is 2.23. The summed E-state index contributed by atoms with van der Waals surface area (Å²) in [5.74, 6) is -0.600. The van der Waals surface area contributed by atoms with Crippen molar-refractivity contribution in [3.8, 4) is 5.95 Å². The molecule has 3 rings (SSSR count). The Morgan fingerprint density at radius 2 is 2.33 bits per heavy atom. The molecule has 8 heteroatoms. The van der Waals surface area contributed by atoms with Crippen molar-refractivity contribution >= 4 is 34.3 Å². The largest absolute Gasteiger partial charge is 0.478 e. The van der Waals surface area contributed by atoms with Crippen LogP contribution in [0.4, 0.5) is 5.69 Å². The van der Waals surface area contributed by atoms with Gasteiger partial charge in [0.1, 0.15) is 0 Å². The molecule has 0 fully saturated rings. The fourth-order valence-electron chi connectivity index (χ4n) is 2.00. The Morgan fingerprint density at radius 1 is 1.52 bits per heavy atom. The molecule has 1 aromatic carbocycles. The number of carboxylic acid groups (broad SMARTS) is 1. The maximum atomic E-state index is 10.9. The lowest BCUT2D eigenvalue weighted by atomic mass is 10.2. The van der Waals surface area contributed by atoms with E-state index in [1.54, 1.807) is 6.07 Å². The summed E-state index contributed by atoms with van der Waals surface area (Å²) in [7, 11) is 0. The normalized spacial score (nSPS) is 11.0. The summed E-state index contributed by atoms with van der Waals surface area (Å²) in [5, 5.41) is 16.6. The molecular formula is C13H12ClN5O2. The first-order valence-corrected chi connectivity index (χ1v) is 6.67. The molecule has 3 aromatic rings. The van der Waals surface area contributed by atoms with Gasteiger partial charge in [0.15, 0.2) is 0 Å². The van der Waals surface area contributed by atoms with Gasteiger partial charge in [-0.15, -0.1) is 0 Å². The van der Waals surface area contributed by atoms with Gasteiger partial charge in [-0.25, -0.2) is 14.5 Å². The summed E-state index contributed by atoms with van der Waals surface area (Å²) >= 11 is 6.17. The molecule has 108 valence electrons. The minimum atomic E-state index is -1.03. The van der Waals surface area contributed by atoms with Crippen LogP contribution in [0.3, 0.4) is 0 Å². The Labute approximate surface area is 124 Å². The Bertz CT molecular complexity index is 823.